The van der Waals surface area contributed by atoms with Crippen LogP contribution in [-0.4, -0.2) is 80.0 Å². The lowest BCUT2D eigenvalue weighted by Crippen LogP contribution is -2.50. The zero-order chi connectivity index (χ0) is 16.7. The maximum Gasteiger partial charge on any atom is 0.230 e. The van der Waals surface area contributed by atoms with Gasteiger partial charge in [0.2, 0.25) is 15.9 Å². The van der Waals surface area contributed by atoms with E-state index in [1.807, 2.05) is 4.90 Å². The van der Waals surface area contributed by atoms with Crippen LogP contribution < -0.4 is 0 Å². The van der Waals surface area contributed by atoms with Crippen molar-refractivity contribution < 1.29 is 13.2 Å². The van der Waals surface area contributed by atoms with Crippen molar-refractivity contribution in [1.29, 1.82) is 0 Å². The summed E-state index contributed by atoms with van der Waals surface area (Å²) in [5.74, 6) is 0.284. The number of nitrogens with zero attached hydrogens (tertiary/aromatic N) is 3. The Hall–Kier alpha value is -0.660. The van der Waals surface area contributed by atoms with Crippen LogP contribution in [0.1, 0.15) is 39.0 Å². The molecule has 0 bridgehead atoms. The zero-order valence-electron chi connectivity index (χ0n) is 14.3. The van der Waals surface area contributed by atoms with Crippen LogP contribution in [0.2, 0.25) is 0 Å². The first-order valence-corrected chi connectivity index (χ1v) is 10.7. The van der Waals surface area contributed by atoms with Gasteiger partial charge in [-0.05, 0) is 45.2 Å². The molecule has 0 aromatic heterocycles. The van der Waals surface area contributed by atoms with E-state index in [0.29, 0.717) is 19.5 Å². The molecule has 132 valence electrons. The van der Waals surface area contributed by atoms with Gasteiger partial charge < -0.3 is 4.90 Å². The molecular weight excluding hydrogens is 314 g/mol. The van der Waals surface area contributed by atoms with Gasteiger partial charge in [0.15, 0.2) is 0 Å². The molecule has 0 N–H and O–H groups in total. The molecule has 0 aliphatic carbocycles. The molecule has 0 aromatic carbocycles. The number of likely N-dealkylation sites (tertiary alicyclic amines) is 2. The Morgan fingerprint density at radius 2 is 1.74 bits per heavy atom. The Morgan fingerprint density at radius 3 is 2.35 bits per heavy atom. The lowest BCUT2D eigenvalue weighted by atomic mass is 9.75. The van der Waals surface area contributed by atoms with Crippen LogP contribution in [0, 0.1) is 5.41 Å². The molecule has 3 rings (SSSR count). The predicted molar refractivity (Wildman–Crippen MR) is 89.5 cm³/mol. The summed E-state index contributed by atoms with van der Waals surface area (Å²) in [5.41, 5.74) is -0.375. The van der Waals surface area contributed by atoms with E-state index in [4.69, 9.17) is 0 Å². The SMILES string of the molecule is CCN1CC[C@]2(C(=O)N3CCCC3)CCN(S(C)(=O)=O)CC[C@H]12. The van der Waals surface area contributed by atoms with Gasteiger partial charge in [0, 0.05) is 32.2 Å². The summed E-state index contributed by atoms with van der Waals surface area (Å²) in [4.78, 5) is 17.7. The van der Waals surface area contributed by atoms with Gasteiger partial charge in [-0.1, -0.05) is 6.92 Å². The normalized spacial score (nSPS) is 33.7. The predicted octanol–water partition coefficient (Wildman–Crippen LogP) is 0.745. The Kier molecular flexibility index (Phi) is 4.73. The van der Waals surface area contributed by atoms with E-state index in [0.717, 1.165) is 51.9 Å². The van der Waals surface area contributed by atoms with Crippen molar-refractivity contribution >= 4 is 15.9 Å². The molecule has 0 saturated carbocycles. The van der Waals surface area contributed by atoms with E-state index in [-0.39, 0.29) is 17.4 Å². The van der Waals surface area contributed by atoms with Gasteiger partial charge in [-0.3, -0.25) is 9.69 Å². The summed E-state index contributed by atoms with van der Waals surface area (Å²) < 4.78 is 25.5. The Balaban J connectivity index is 1.89. The highest BCUT2D eigenvalue weighted by Crippen LogP contribution is 2.45. The summed E-state index contributed by atoms with van der Waals surface area (Å²) in [6.07, 6.45) is 5.77. The van der Waals surface area contributed by atoms with Crippen LogP contribution in [0.25, 0.3) is 0 Å². The lowest BCUT2D eigenvalue weighted by molar-refractivity contribution is -0.143. The summed E-state index contributed by atoms with van der Waals surface area (Å²) in [7, 11) is -3.19. The van der Waals surface area contributed by atoms with E-state index < -0.39 is 10.0 Å². The Labute approximate surface area is 139 Å². The number of fused-ring (bicyclic) bond motifs is 1. The number of rotatable bonds is 3. The molecule has 0 aromatic rings. The van der Waals surface area contributed by atoms with Gasteiger partial charge in [0.1, 0.15) is 0 Å². The molecule has 3 heterocycles. The second kappa shape index (κ2) is 6.33. The highest BCUT2D eigenvalue weighted by atomic mass is 32.2. The molecule has 2 atom stereocenters. The first-order chi connectivity index (χ1) is 10.9. The van der Waals surface area contributed by atoms with Gasteiger partial charge in [0.05, 0.1) is 11.7 Å². The average Bonchev–Trinajstić information content (AvgIpc) is 3.10. The van der Waals surface area contributed by atoms with E-state index >= 15 is 0 Å². The first-order valence-electron chi connectivity index (χ1n) is 8.87. The van der Waals surface area contributed by atoms with E-state index in [1.54, 1.807) is 4.31 Å². The highest BCUT2D eigenvalue weighted by molar-refractivity contribution is 7.88. The van der Waals surface area contributed by atoms with Crippen LogP contribution in [0.5, 0.6) is 0 Å². The molecule has 3 saturated heterocycles. The van der Waals surface area contributed by atoms with Crippen molar-refractivity contribution in [1.82, 2.24) is 14.1 Å². The lowest BCUT2D eigenvalue weighted by Gasteiger charge is -2.38. The number of sulfonamides is 1. The summed E-state index contributed by atoms with van der Waals surface area (Å²) in [6, 6.07) is 0.187. The number of hydrogen-bond donors (Lipinski definition) is 0. The van der Waals surface area contributed by atoms with Crippen LogP contribution in [-0.2, 0) is 14.8 Å². The van der Waals surface area contributed by atoms with Crippen LogP contribution in [0.15, 0.2) is 0 Å². The van der Waals surface area contributed by atoms with Gasteiger partial charge in [-0.15, -0.1) is 0 Å². The summed E-state index contributed by atoms with van der Waals surface area (Å²) >= 11 is 0. The fraction of sp³-hybridized carbons (Fsp3) is 0.938. The molecule has 3 aliphatic rings. The molecule has 23 heavy (non-hydrogen) atoms. The van der Waals surface area contributed by atoms with Crippen molar-refractivity contribution in [2.45, 2.75) is 45.1 Å². The molecule has 0 radical (unpaired) electrons. The minimum atomic E-state index is -3.19. The van der Waals surface area contributed by atoms with E-state index in [9.17, 15) is 13.2 Å². The van der Waals surface area contributed by atoms with Crippen molar-refractivity contribution in [3.8, 4) is 0 Å². The Bertz CT molecular complexity index is 559. The molecule has 3 aliphatic heterocycles. The zero-order valence-corrected chi connectivity index (χ0v) is 15.1. The summed E-state index contributed by atoms with van der Waals surface area (Å²) in [5, 5.41) is 0. The number of carbonyl (C=O) groups excluding carboxylic acids is 1. The number of carbonyl (C=O) groups is 1. The number of amides is 1. The molecular formula is C16H29N3O3S. The smallest absolute Gasteiger partial charge is 0.230 e. The molecule has 7 heteroatoms. The molecule has 3 fully saturated rings. The fourth-order valence-electron chi connectivity index (χ4n) is 4.77. The Morgan fingerprint density at radius 1 is 1.09 bits per heavy atom. The quantitative estimate of drug-likeness (QED) is 0.758. The minimum absolute atomic E-state index is 0.187. The molecule has 1 amide bonds. The second-order valence-corrected chi connectivity index (χ2v) is 9.23. The van der Waals surface area contributed by atoms with Crippen LogP contribution in [0.3, 0.4) is 0 Å². The standard InChI is InChI=1S/C16H29N3O3S/c1-3-17-12-7-16(15(20)18-9-4-5-10-18)8-13-19(23(2,21)22)11-6-14(16)17/h14H,3-13H2,1-2H3/t14-,16-/m0/s1. The van der Waals surface area contributed by atoms with Gasteiger partial charge in [0.25, 0.3) is 0 Å². The number of hydrogen-bond acceptors (Lipinski definition) is 4. The van der Waals surface area contributed by atoms with Crippen LogP contribution in [0.4, 0.5) is 0 Å². The minimum Gasteiger partial charge on any atom is -0.342 e. The third kappa shape index (κ3) is 3.03. The monoisotopic (exact) mass is 343 g/mol. The van der Waals surface area contributed by atoms with E-state index in [1.165, 1.54) is 6.26 Å². The average molecular weight is 343 g/mol. The molecule has 6 nitrogen and oxygen atoms in total. The van der Waals surface area contributed by atoms with Crippen molar-refractivity contribution in [2.75, 3.05) is 45.5 Å². The largest absolute Gasteiger partial charge is 0.342 e. The van der Waals surface area contributed by atoms with Gasteiger partial charge >= 0.3 is 0 Å². The molecule has 0 unspecified atom stereocenters. The van der Waals surface area contributed by atoms with Crippen molar-refractivity contribution in [3.63, 3.8) is 0 Å². The van der Waals surface area contributed by atoms with Gasteiger partial charge in [-0.25, -0.2) is 12.7 Å². The summed E-state index contributed by atoms with van der Waals surface area (Å²) in [6.45, 7) is 6.78. The topological polar surface area (TPSA) is 60.9 Å². The first kappa shape index (κ1) is 17.2. The van der Waals surface area contributed by atoms with Crippen LogP contribution >= 0.6 is 0 Å². The fourth-order valence-corrected chi connectivity index (χ4v) is 5.63. The highest BCUT2D eigenvalue weighted by Gasteiger charge is 2.54. The maximum absolute atomic E-state index is 13.3. The van der Waals surface area contributed by atoms with Gasteiger partial charge in [-0.2, -0.15) is 0 Å². The second-order valence-electron chi connectivity index (χ2n) is 7.25. The van der Waals surface area contributed by atoms with Crippen molar-refractivity contribution in [3.05, 3.63) is 0 Å². The maximum atomic E-state index is 13.3. The molecule has 0 spiro atoms. The third-order valence-electron chi connectivity index (χ3n) is 6.08. The van der Waals surface area contributed by atoms with E-state index in [2.05, 4.69) is 11.8 Å². The third-order valence-corrected chi connectivity index (χ3v) is 7.38. The van der Waals surface area contributed by atoms with Crippen molar-refractivity contribution in [2.24, 2.45) is 5.41 Å².